The summed E-state index contributed by atoms with van der Waals surface area (Å²) in [4.78, 5) is 13.8. The number of likely N-dealkylation sites (tertiary alicyclic amines) is 1. The van der Waals surface area contributed by atoms with Gasteiger partial charge in [-0.15, -0.1) is 0 Å². The Labute approximate surface area is 81.3 Å². The van der Waals surface area contributed by atoms with Crippen LogP contribution in [0.5, 0.6) is 0 Å². The van der Waals surface area contributed by atoms with Crippen molar-refractivity contribution in [2.24, 2.45) is 0 Å². The van der Waals surface area contributed by atoms with Crippen LogP contribution in [0.25, 0.3) is 0 Å². The zero-order valence-corrected chi connectivity index (χ0v) is 8.88. The van der Waals surface area contributed by atoms with E-state index in [4.69, 9.17) is 0 Å². The number of nitrogens with zero attached hydrogens (tertiary/aromatic N) is 1. The third kappa shape index (κ3) is 3.02. The van der Waals surface area contributed by atoms with E-state index < -0.39 is 0 Å². The topological polar surface area (TPSA) is 20.3 Å². The average Bonchev–Trinajstić information content (AvgIpc) is 2.15. The first-order chi connectivity index (χ1) is 6.25. The second-order valence-electron chi connectivity index (χ2n) is 4.04. The van der Waals surface area contributed by atoms with E-state index in [1.54, 1.807) is 0 Å². The zero-order valence-electron chi connectivity index (χ0n) is 8.88. The van der Waals surface area contributed by atoms with E-state index in [1.165, 1.54) is 19.3 Å². The van der Waals surface area contributed by atoms with Crippen LogP contribution >= 0.6 is 0 Å². The molecule has 1 aliphatic rings. The first kappa shape index (κ1) is 10.6. The molecule has 2 heteroatoms. The number of rotatable bonds is 3. The molecule has 0 aromatic heterocycles. The van der Waals surface area contributed by atoms with Crippen molar-refractivity contribution in [1.82, 2.24) is 4.90 Å². The Balaban J connectivity index is 2.35. The summed E-state index contributed by atoms with van der Waals surface area (Å²) in [6.45, 7) is 5.29. The zero-order chi connectivity index (χ0) is 9.68. The maximum atomic E-state index is 11.7. The van der Waals surface area contributed by atoms with Gasteiger partial charge in [0.05, 0.1) is 0 Å². The Kier molecular flexibility index (Phi) is 4.26. The first-order valence-corrected chi connectivity index (χ1v) is 5.55. The molecule has 1 rings (SSSR count). The van der Waals surface area contributed by atoms with Crippen molar-refractivity contribution in [3.8, 4) is 0 Å². The van der Waals surface area contributed by atoms with E-state index >= 15 is 0 Å². The molecule has 1 fully saturated rings. The Hall–Kier alpha value is -0.530. The van der Waals surface area contributed by atoms with Crippen molar-refractivity contribution in [1.29, 1.82) is 0 Å². The molecule has 1 aliphatic heterocycles. The molecule has 0 aromatic rings. The van der Waals surface area contributed by atoms with Crippen molar-refractivity contribution in [2.75, 3.05) is 6.54 Å². The fraction of sp³-hybridized carbons (Fsp3) is 0.909. The number of carbonyl (C=O) groups is 1. The minimum atomic E-state index is 0.369. The predicted molar refractivity (Wildman–Crippen MR) is 54.6 cm³/mol. The largest absolute Gasteiger partial charge is 0.340 e. The first-order valence-electron chi connectivity index (χ1n) is 5.55. The maximum Gasteiger partial charge on any atom is 0.222 e. The summed E-state index contributed by atoms with van der Waals surface area (Å²) in [5.74, 6) is 0.369. The molecule has 0 saturated carbocycles. The lowest BCUT2D eigenvalue weighted by atomic mass is 10.0. The molecule has 76 valence electrons. The molecule has 1 unspecified atom stereocenters. The van der Waals surface area contributed by atoms with Gasteiger partial charge in [0.25, 0.3) is 0 Å². The van der Waals surface area contributed by atoms with Crippen LogP contribution < -0.4 is 0 Å². The Bertz CT molecular complexity index is 167. The van der Waals surface area contributed by atoms with Gasteiger partial charge in [0.2, 0.25) is 5.91 Å². The van der Waals surface area contributed by atoms with Crippen LogP contribution in [0, 0.1) is 0 Å². The Morgan fingerprint density at radius 2 is 2.23 bits per heavy atom. The van der Waals surface area contributed by atoms with Crippen LogP contribution in [0.4, 0.5) is 0 Å². The van der Waals surface area contributed by atoms with Crippen molar-refractivity contribution >= 4 is 5.91 Å². The van der Waals surface area contributed by atoms with Crippen molar-refractivity contribution in [2.45, 2.75) is 58.4 Å². The molecule has 1 saturated heterocycles. The van der Waals surface area contributed by atoms with Crippen LogP contribution in [-0.4, -0.2) is 23.4 Å². The van der Waals surface area contributed by atoms with Crippen molar-refractivity contribution in [3.63, 3.8) is 0 Å². The fourth-order valence-electron chi connectivity index (χ4n) is 1.94. The molecule has 1 atom stereocenters. The van der Waals surface area contributed by atoms with Crippen molar-refractivity contribution < 1.29 is 4.79 Å². The lowest BCUT2D eigenvalue weighted by Crippen LogP contribution is -2.41. The van der Waals surface area contributed by atoms with Crippen LogP contribution in [0.3, 0.4) is 0 Å². The van der Waals surface area contributed by atoms with E-state index in [-0.39, 0.29) is 0 Å². The molecule has 0 N–H and O–H groups in total. The number of hydrogen-bond acceptors (Lipinski definition) is 1. The lowest BCUT2D eigenvalue weighted by Gasteiger charge is -2.33. The van der Waals surface area contributed by atoms with Gasteiger partial charge in [-0.05, 0) is 32.6 Å². The van der Waals surface area contributed by atoms with Crippen LogP contribution in [0.2, 0.25) is 0 Å². The van der Waals surface area contributed by atoms with Crippen molar-refractivity contribution in [3.05, 3.63) is 0 Å². The highest BCUT2D eigenvalue weighted by atomic mass is 16.2. The Morgan fingerprint density at radius 1 is 1.46 bits per heavy atom. The van der Waals surface area contributed by atoms with Crippen LogP contribution in [0.1, 0.15) is 52.4 Å². The van der Waals surface area contributed by atoms with E-state index in [1.807, 2.05) is 0 Å². The standard InChI is InChI=1S/C11H21NO/c1-3-4-8-11(13)12-9-6-5-7-10(12)2/h10H,3-9H2,1-2H3. The molecular formula is C11H21NO. The highest BCUT2D eigenvalue weighted by molar-refractivity contribution is 5.76. The molecule has 0 bridgehead atoms. The molecular weight excluding hydrogens is 162 g/mol. The molecule has 1 amide bonds. The summed E-state index contributed by atoms with van der Waals surface area (Å²) in [6, 6.07) is 0.484. The molecule has 0 spiro atoms. The smallest absolute Gasteiger partial charge is 0.222 e. The number of unbranched alkanes of at least 4 members (excludes halogenated alkanes) is 1. The van der Waals surface area contributed by atoms with Gasteiger partial charge in [0.15, 0.2) is 0 Å². The molecule has 0 aromatic carbocycles. The van der Waals surface area contributed by atoms with Gasteiger partial charge < -0.3 is 4.90 Å². The van der Waals surface area contributed by atoms with E-state index in [0.29, 0.717) is 11.9 Å². The average molecular weight is 183 g/mol. The molecule has 2 nitrogen and oxygen atoms in total. The quantitative estimate of drug-likeness (QED) is 0.658. The summed E-state index contributed by atoms with van der Waals surface area (Å²) < 4.78 is 0. The van der Waals surface area contributed by atoms with Crippen LogP contribution in [0.15, 0.2) is 0 Å². The van der Waals surface area contributed by atoms with Gasteiger partial charge in [0, 0.05) is 19.0 Å². The number of amides is 1. The van der Waals surface area contributed by atoms with Gasteiger partial charge >= 0.3 is 0 Å². The molecule has 13 heavy (non-hydrogen) atoms. The number of carbonyl (C=O) groups excluding carboxylic acids is 1. The van der Waals surface area contributed by atoms with Gasteiger partial charge in [-0.1, -0.05) is 13.3 Å². The summed E-state index contributed by atoms with van der Waals surface area (Å²) in [6.07, 6.45) is 6.59. The highest BCUT2D eigenvalue weighted by Crippen LogP contribution is 2.17. The summed E-state index contributed by atoms with van der Waals surface area (Å²) in [7, 11) is 0. The molecule has 0 aliphatic carbocycles. The third-order valence-corrected chi connectivity index (χ3v) is 2.87. The van der Waals surface area contributed by atoms with Gasteiger partial charge in [-0.2, -0.15) is 0 Å². The Morgan fingerprint density at radius 3 is 2.85 bits per heavy atom. The minimum absolute atomic E-state index is 0.369. The third-order valence-electron chi connectivity index (χ3n) is 2.87. The predicted octanol–water partition coefficient (Wildman–Crippen LogP) is 2.58. The summed E-state index contributed by atoms with van der Waals surface area (Å²) in [5, 5.41) is 0. The number of piperidine rings is 1. The van der Waals surface area contributed by atoms with Gasteiger partial charge in [0.1, 0.15) is 0 Å². The summed E-state index contributed by atoms with van der Waals surface area (Å²) in [5.41, 5.74) is 0. The van der Waals surface area contributed by atoms with Gasteiger partial charge in [-0.25, -0.2) is 0 Å². The molecule has 1 heterocycles. The minimum Gasteiger partial charge on any atom is -0.340 e. The summed E-state index contributed by atoms with van der Waals surface area (Å²) >= 11 is 0. The maximum absolute atomic E-state index is 11.7. The normalized spacial score (nSPS) is 23.2. The highest BCUT2D eigenvalue weighted by Gasteiger charge is 2.21. The number of hydrogen-bond donors (Lipinski definition) is 0. The van der Waals surface area contributed by atoms with Crippen LogP contribution in [-0.2, 0) is 4.79 Å². The second-order valence-corrected chi connectivity index (χ2v) is 4.04. The van der Waals surface area contributed by atoms with E-state index in [2.05, 4.69) is 18.7 Å². The lowest BCUT2D eigenvalue weighted by molar-refractivity contribution is -0.134. The van der Waals surface area contributed by atoms with Gasteiger partial charge in [-0.3, -0.25) is 4.79 Å². The van der Waals surface area contributed by atoms with E-state index in [9.17, 15) is 4.79 Å². The monoisotopic (exact) mass is 183 g/mol. The fourth-order valence-corrected chi connectivity index (χ4v) is 1.94. The van der Waals surface area contributed by atoms with E-state index in [0.717, 1.165) is 25.8 Å². The second kappa shape index (κ2) is 5.25. The SMILES string of the molecule is CCCCC(=O)N1CCCCC1C. The molecule has 0 radical (unpaired) electrons.